The molecule has 2 aromatic carbocycles. The first-order chi connectivity index (χ1) is 13.0. The van der Waals surface area contributed by atoms with E-state index in [-0.39, 0.29) is 32.5 Å². The maximum absolute atomic E-state index is 12.8. The largest absolute Gasteiger partial charge is 0.462 e. The van der Waals surface area contributed by atoms with Crippen LogP contribution in [0.1, 0.15) is 5.56 Å². The predicted octanol–water partition coefficient (Wildman–Crippen LogP) is 3.87. The summed E-state index contributed by atoms with van der Waals surface area (Å²) in [4.78, 5) is 30.6. The van der Waals surface area contributed by atoms with Gasteiger partial charge < -0.3 is 4.42 Å². The third-order valence-corrected chi connectivity index (χ3v) is 5.72. The molecule has 0 fully saturated rings. The van der Waals surface area contributed by atoms with Gasteiger partial charge in [0.15, 0.2) is 16.0 Å². The second-order valence-electron chi connectivity index (χ2n) is 5.92. The van der Waals surface area contributed by atoms with Crippen LogP contribution < -0.4 is 15.5 Å². The highest BCUT2D eigenvalue weighted by Crippen LogP contribution is 2.26. The molecule has 3 aromatic heterocycles. The van der Waals surface area contributed by atoms with E-state index in [1.807, 2.05) is 24.3 Å². The van der Waals surface area contributed by atoms with Gasteiger partial charge in [-0.1, -0.05) is 46.7 Å². The fraction of sp³-hybridized carbons (Fsp3) is 0. The van der Waals surface area contributed by atoms with Crippen molar-refractivity contribution in [2.75, 3.05) is 0 Å². The molecule has 8 heteroatoms. The quantitative estimate of drug-likeness (QED) is 0.417. The van der Waals surface area contributed by atoms with E-state index < -0.39 is 0 Å². The van der Waals surface area contributed by atoms with Crippen molar-refractivity contribution in [3.63, 3.8) is 0 Å². The fourth-order valence-corrected chi connectivity index (χ4v) is 4.55. The van der Waals surface area contributed by atoms with Crippen LogP contribution in [0.15, 0.2) is 56.7 Å². The molecule has 0 radical (unpaired) electrons. The Morgan fingerprint density at radius 2 is 1.96 bits per heavy atom. The van der Waals surface area contributed by atoms with Gasteiger partial charge in [-0.05, 0) is 30.3 Å². The first-order valence-corrected chi connectivity index (χ1v) is 9.42. The molecular weight excluding hydrogens is 407 g/mol. The molecule has 0 saturated heterocycles. The number of benzene rings is 2. The van der Waals surface area contributed by atoms with E-state index in [2.05, 4.69) is 4.98 Å². The zero-order valence-electron chi connectivity index (χ0n) is 13.4. The average molecular weight is 415 g/mol. The molecule has 0 atom stereocenters. The van der Waals surface area contributed by atoms with Crippen molar-refractivity contribution in [1.29, 1.82) is 0 Å². The van der Waals surface area contributed by atoms with Crippen molar-refractivity contribution in [2.45, 2.75) is 0 Å². The Morgan fingerprint density at radius 3 is 2.81 bits per heavy atom. The van der Waals surface area contributed by atoms with Crippen LogP contribution in [0.2, 0.25) is 10.0 Å². The second kappa shape index (κ2) is 5.92. The van der Waals surface area contributed by atoms with Crippen LogP contribution in [-0.2, 0) is 0 Å². The Bertz CT molecular complexity index is 1550. The van der Waals surface area contributed by atoms with Crippen LogP contribution >= 0.6 is 34.5 Å². The normalized spacial score (nSPS) is 12.6. The van der Waals surface area contributed by atoms with Gasteiger partial charge in [-0.2, -0.15) is 0 Å². The van der Waals surface area contributed by atoms with Gasteiger partial charge in [-0.25, -0.2) is 9.38 Å². The van der Waals surface area contributed by atoms with E-state index in [1.165, 1.54) is 35.8 Å². The molecule has 0 saturated carbocycles. The molecule has 5 nitrogen and oxygen atoms in total. The number of para-hydroxylation sites is 2. The first kappa shape index (κ1) is 16.5. The summed E-state index contributed by atoms with van der Waals surface area (Å²) in [5.41, 5.74) is 1.45. The van der Waals surface area contributed by atoms with Gasteiger partial charge in [0, 0.05) is 5.02 Å². The zero-order chi connectivity index (χ0) is 18.7. The van der Waals surface area contributed by atoms with Gasteiger partial charge in [0.1, 0.15) is 6.26 Å². The van der Waals surface area contributed by atoms with E-state index in [4.69, 9.17) is 27.6 Å². The number of aromatic nitrogens is 2. The van der Waals surface area contributed by atoms with Crippen LogP contribution in [0.5, 0.6) is 0 Å². The summed E-state index contributed by atoms with van der Waals surface area (Å²) in [6.07, 6.45) is 2.81. The lowest BCUT2D eigenvalue weighted by Gasteiger charge is -2.01. The van der Waals surface area contributed by atoms with Crippen LogP contribution in [0.25, 0.3) is 33.0 Å². The van der Waals surface area contributed by atoms with Gasteiger partial charge in [-0.3, -0.25) is 9.59 Å². The molecule has 0 N–H and O–H groups in total. The topological polar surface area (TPSA) is 64.6 Å². The summed E-state index contributed by atoms with van der Waals surface area (Å²) in [6, 6.07) is 10.4. The number of hydrogen-bond acceptors (Lipinski definition) is 5. The molecule has 132 valence electrons. The minimum absolute atomic E-state index is 0.229. The average Bonchev–Trinajstić information content (AvgIpc) is 3.14. The van der Waals surface area contributed by atoms with E-state index in [0.717, 1.165) is 11.0 Å². The Labute approximate surface area is 164 Å². The monoisotopic (exact) mass is 414 g/mol. The molecule has 0 amide bonds. The van der Waals surface area contributed by atoms with Crippen molar-refractivity contribution < 1.29 is 4.42 Å². The van der Waals surface area contributed by atoms with E-state index >= 15 is 0 Å². The third kappa shape index (κ3) is 2.49. The molecule has 0 unspecified atom stereocenters. The summed E-state index contributed by atoms with van der Waals surface area (Å²) in [7, 11) is 0. The highest BCUT2D eigenvalue weighted by molar-refractivity contribution is 7.15. The minimum atomic E-state index is -0.309. The molecule has 3 heterocycles. The number of fused-ring (bicyclic) bond motifs is 4. The summed E-state index contributed by atoms with van der Waals surface area (Å²) in [5.74, 6) is 0. The highest BCUT2D eigenvalue weighted by atomic mass is 35.5. The Kier molecular flexibility index (Phi) is 3.62. The van der Waals surface area contributed by atoms with Crippen molar-refractivity contribution >= 4 is 67.6 Å². The van der Waals surface area contributed by atoms with E-state index in [9.17, 15) is 9.59 Å². The van der Waals surface area contributed by atoms with Crippen molar-refractivity contribution in [3.8, 4) is 0 Å². The predicted molar refractivity (Wildman–Crippen MR) is 108 cm³/mol. The number of thiazole rings is 1. The van der Waals surface area contributed by atoms with Crippen molar-refractivity contribution in [1.82, 2.24) is 9.38 Å². The maximum Gasteiger partial charge on any atom is 0.274 e. The van der Waals surface area contributed by atoms with Gasteiger partial charge in [0.2, 0.25) is 0 Å². The number of hydrogen-bond donors (Lipinski definition) is 0. The van der Waals surface area contributed by atoms with Crippen LogP contribution in [-0.4, -0.2) is 9.38 Å². The molecule has 5 rings (SSSR count). The smallest absolute Gasteiger partial charge is 0.274 e. The number of rotatable bonds is 1. The van der Waals surface area contributed by atoms with Crippen LogP contribution in [0.4, 0.5) is 0 Å². The molecule has 0 bridgehead atoms. The second-order valence-corrected chi connectivity index (χ2v) is 7.77. The lowest BCUT2D eigenvalue weighted by molar-refractivity contribution is 0.601. The summed E-state index contributed by atoms with van der Waals surface area (Å²) >= 11 is 13.3. The Balaban J connectivity index is 1.80. The van der Waals surface area contributed by atoms with Gasteiger partial charge in [-0.15, -0.1) is 0 Å². The van der Waals surface area contributed by atoms with Gasteiger partial charge >= 0.3 is 0 Å². The highest BCUT2D eigenvalue weighted by Gasteiger charge is 2.13. The molecule has 5 aromatic rings. The first-order valence-electron chi connectivity index (χ1n) is 7.85. The van der Waals surface area contributed by atoms with Crippen LogP contribution in [0.3, 0.4) is 0 Å². The maximum atomic E-state index is 12.8. The SMILES string of the molecule is O=c1c(C=c2sc3nc4ccccc4n3c2=O)coc2c(Cl)cc(Cl)cc12. The molecule has 0 aliphatic carbocycles. The van der Waals surface area contributed by atoms with E-state index in [0.29, 0.717) is 14.5 Å². The number of nitrogens with zero attached hydrogens (tertiary/aromatic N) is 2. The summed E-state index contributed by atoms with van der Waals surface area (Å²) in [5, 5.41) is 0.856. The lowest BCUT2D eigenvalue weighted by atomic mass is 10.1. The number of imidazole rings is 1. The number of halogens is 2. The molecule has 0 aliphatic heterocycles. The molecule has 27 heavy (non-hydrogen) atoms. The molecular formula is C19H8Cl2N2O3S. The Morgan fingerprint density at radius 1 is 1.15 bits per heavy atom. The summed E-state index contributed by atoms with van der Waals surface area (Å²) < 4.78 is 7.44. The lowest BCUT2D eigenvalue weighted by Crippen LogP contribution is -2.23. The fourth-order valence-electron chi connectivity index (χ4n) is 3.03. The summed E-state index contributed by atoms with van der Waals surface area (Å²) in [6.45, 7) is 0. The van der Waals surface area contributed by atoms with Gasteiger partial charge in [0.25, 0.3) is 5.56 Å². The van der Waals surface area contributed by atoms with Crippen LogP contribution in [0, 0.1) is 0 Å². The van der Waals surface area contributed by atoms with E-state index in [1.54, 1.807) is 4.40 Å². The van der Waals surface area contributed by atoms with Crippen molar-refractivity contribution in [2.24, 2.45) is 0 Å². The minimum Gasteiger partial charge on any atom is -0.462 e. The Hall–Kier alpha value is -2.67. The van der Waals surface area contributed by atoms with Gasteiger partial charge in [0.05, 0.1) is 31.5 Å². The molecule has 0 spiro atoms. The third-order valence-electron chi connectivity index (χ3n) is 4.25. The zero-order valence-corrected chi connectivity index (χ0v) is 15.7. The van der Waals surface area contributed by atoms with Crippen molar-refractivity contribution in [3.05, 3.63) is 83.4 Å². The molecule has 0 aliphatic rings. The standard InChI is InChI=1S/C19H8Cl2N2O3S/c20-10-6-11-16(24)9(8-26-17(11)12(21)7-10)5-15-18(25)23-14-4-2-1-3-13(14)22-19(23)27-15/h1-8H.